The zero-order chi connectivity index (χ0) is 12.0. The van der Waals surface area contributed by atoms with Crippen molar-refractivity contribution in [3.63, 3.8) is 0 Å². The summed E-state index contributed by atoms with van der Waals surface area (Å²) in [6, 6.07) is 5.35. The molecule has 3 N–H and O–H groups in total. The van der Waals surface area contributed by atoms with Crippen LogP contribution < -0.4 is 11.1 Å². The first-order valence-electron chi connectivity index (χ1n) is 5.19. The maximum absolute atomic E-state index is 8.76. The Hall–Kier alpha value is -1.80. The Kier molecular flexibility index (Phi) is 4.55. The lowest BCUT2D eigenvalue weighted by Gasteiger charge is -2.13. The zero-order valence-corrected chi connectivity index (χ0v) is 9.53. The van der Waals surface area contributed by atoms with E-state index in [1.54, 1.807) is 12.1 Å². The Morgan fingerprint density at radius 3 is 3.00 bits per heavy atom. The summed E-state index contributed by atoms with van der Waals surface area (Å²) in [6.07, 6.45) is 0.106. The second-order valence-corrected chi connectivity index (χ2v) is 3.39. The molecule has 0 aliphatic rings. The third-order valence-corrected chi connectivity index (χ3v) is 2.05. The average molecular weight is 220 g/mol. The van der Waals surface area contributed by atoms with Crippen LogP contribution in [0.25, 0.3) is 0 Å². The predicted molar refractivity (Wildman–Crippen MR) is 62.9 cm³/mol. The fraction of sp³-hybridized carbons (Fsp3) is 0.455. The van der Waals surface area contributed by atoms with Gasteiger partial charge in [-0.2, -0.15) is 5.26 Å². The molecule has 0 fully saturated rings. The van der Waals surface area contributed by atoms with Gasteiger partial charge in [-0.15, -0.1) is 0 Å². The summed E-state index contributed by atoms with van der Waals surface area (Å²) in [5.74, 6) is 0.636. The lowest BCUT2D eigenvalue weighted by molar-refractivity contribution is 0.0855. The summed E-state index contributed by atoms with van der Waals surface area (Å²) in [7, 11) is 0. The van der Waals surface area contributed by atoms with E-state index in [0.29, 0.717) is 24.7 Å². The van der Waals surface area contributed by atoms with Crippen LogP contribution >= 0.6 is 0 Å². The molecule has 0 bridgehead atoms. The van der Waals surface area contributed by atoms with Crippen molar-refractivity contribution in [2.45, 2.75) is 20.0 Å². The van der Waals surface area contributed by atoms with Crippen molar-refractivity contribution in [2.75, 3.05) is 24.2 Å². The van der Waals surface area contributed by atoms with Crippen LogP contribution in [0.15, 0.2) is 12.1 Å². The fourth-order valence-corrected chi connectivity index (χ4v) is 1.25. The molecule has 0 amide bonds. The Balaban J connectivity index is 2.58. The number of nitrogens with zero attached hydrogens (tertiary/aromatic N) is 2. The van der Waals surface area contributed by atoms with Gasteiger partial charge in [0, 0.05) is 13.2 Å². The molecule has 5 heteroatoms. The van der Waals surface area contributed by atoms with Crippen molar-refractivity contribution in [2.24, 2.45) is 0 Å². The van der Waals surface area contributed by atoms with Crippen LogP contribution in [0.5, 0.6) is 0 Å². The number of nitrogens with one attached hydrogen (secondary N) is 1. The Labute approximate surface area is 95.2 Å². The highest BCUT2D eigenvalue weighted by molar-refractivity contribution is 5.54. The lowest BCUT2D eigenvalue weighted by atomic mass is 10.3. The Bertz CT molecular complexity index is 386. The zero-order valence-electron chi connectivity index (χ0n) is 9.53. The largest absolute Gasteiger partial charge is 0.396 e. The number of pyridine rings is 1. The first kappa shape index (κ1) is 12.3. The minimum atomic E-state index is 0.106. The van der Waals surface area contributed by atoms with E-state index in [9.17, 15) is 0 Å². The van der Waals surface area contributed by atoms with Gasteiger partial charge in [-0.05, 0) is 26.0 Å². The molecule has 0 aliphatic heterocycles. The number of aromatic nitrogens is 1. The Morgan fingerprint density at radius 2 is 2.38 bits per heavy atom. The van der Waals surface area contributed by atoms with Gasteiger partial charge in [0.15, 0.2) is 5.69 Å². The van der Waals surface area contributed by atoms with Gasteiger partial charge in [0.1, 0.15) is 11.9 Å². The highest BCUT2D eigenvalue weighted by Gasteiger charge is 2.04. The summed E-state index contributed by atoms with van der Waals surface area (Å²) in [6.45, 7) is 5.25. The van der Waals surface area contributed by atoms with Gasteiger partial charge in [-0.3, -0.25) is 0 Å². The topological polar surface area (TPSA) is 84.0 Å². The standard InChI is InChI=1S/C11H16N4O/c1-3-16-8(2)7-14-11-5-4-9(13)10(6-12)15-11/h4-5,8H,3,7,13H2,1-2H3,(H,14,15). The van der Waals surface area contributed by atoms with E-state index in [2.05, 4.69) is 10.3 Å². The van der Waals surface area contributed by atoms with E-state index in [1.165, 1.54) is 0 Å². The summed E-state index contributed by atoms with van der Waals surface area (Å²) in [4.78, 5) is 4.07. The van der Waals surface area contributed by atoms with Crippen LogP contribution in [0.4, 0.5) is 11.5 Å². The van der Waals surface area contributed by atoms with Crippen LogP contribution in [-0.2, 0) is 4.74 Å². The average Bonchev–Trinajstić information content (AvgIpc) is 2.28. The third-order valence-electron chi connectivity index (χ3n) is 2.05. The van der Waals surface area contributed by atoms with Crippen molar-refractivity contribution in [3.8, 4) is 6.07 Å². The van der Waals surface area contributed by atoms with Gasteiger partial charge < -0.3 is 15.8 Å². The molecule has 0 aromatic carbocycles. The van der Waals surface area contributed by atoms with E-state index in [-0.39, 0.29) is 11.8 Å². The molecule has 0 saturated heterocycles. The fourth-order valence-electron chi connectivity index (χ4n) is 1.25. The van der Waals surface area contributed by atoms with Gasteiger partial charge >= 0.3 is 0 Å². The van der Waals surface area contributed by atoms with Crippen molar-refractivity contribution in [1.29, 1.82) is 5.26 Å². The normalized spacial score (nSPS) is 11.8. The van der Waals surface area contributed by atoms with Crippen LogP contribution in [0.1, 0.15) is 19.5 Å². The second-order valence-electron chi connectivity index (χ2n) is 3.39. The number of nitrogen functional groups attached to an aromatic ring is 1. The molecule has 0 radical (unpaired) electrons. The quantitative estimate of drug-likeness (QED) is 0.783. The molecule has 1 aromatic heterocycles. The number of anilines is 2. The predicted octanol–water partition coefficient (Wildman–Crippen LogP) is 1.37. The summed E-state index contributed by atoms with van der Waals surface area (Å²) in [5, 5.41) is 11.8. The monoisotopic (exact) mass is 220 g/mol. The van der Waals surface area contributed by atoms with E-state index >= 15 is 0 Å². The van der Waals surface area contributed by atoms with E-state index < -0.39 is 0 Å². The summed E-state index contributed by atoms with van der Waals surface area (Å²) < 4.78 is 5.36. The van der Waals surface area contributed by atoms with Crippen LogP contribution in [-0.4, -0.2) is 24.2 Å². The van der Waals surface area contributed by atoms with E-state index in [1.807, 2.05) is 19.9 Å². The summed E-state index contributed by atoms with van der Waals surface area (Å²) in [5.41, 5.74) is 6.21. The molecule has 16 heavy (non-hydrogen) atoms. The molecule has 86 valence electrons. The molecule has 1 heterocycles. The first-order chi connectivity index (χ1) is 7.67. The first-order valence-corrected chi connectivity index (χ1v) is 5.19. The molecular weight excluding hydrogens is 204 g/mol. The van der Waals surface area contributed by atoms with Gasteiger partial charge in [0.2, 0.25) is 0 Å². The minimum absolute atomic E-state index is 0.106. The van der Waals surface area contributed by atoms with E-state index in [0.717, 1.165) is 0 Å². The molecule has 0 spiro atoms. The van der Waals surface area contributed by atoms with Crippen LogP contribution in [0.3, 0.4) is 0 Å². The molecule has 1 atom stereocenters. The lowest BCUT2D eigenvalue weighted by Crippen LogP contribution is -2.20. The Morgan fingerprint density at radius 1 is 1.62 bits per heavy atom. The minimum Gasteiger partial charge on any atom is -0.396 e. The van der Waals surface area contributed by atoms with Crippen molar-refractivity contribution in [1.82, 2.24) is 4.98 Å². The third kappa shape index (κ3) is 3.41. The molecule has 1 rings (SSSR count). The maximum Gasteiger partial charge on any atom is 0.165 e. The number of ether oxygens (including phenoxy) is 1. The molecule has 5 nitrogen and oxygen atoms in total. The smallest absolute Gasteiger partial charge is 0.165 e. The van der Waals surface area contributed by atoms with Gasteiger partial charge in [-0.1, -0.05) is 0 Å². The number of nitriles is 1. The number of nitrogens with two attached hydrogens (primary N) is 1. The van der Waals surface area contributed by atoms with Crippen molar-refractivity contribution in [3.05, 3.63) is 17.8 Å². The number of hydrogen-bond acceptors (Lipinski definition) is 5. The van der Waals surface area contributed by atoms with Gasteiger partial charge in [0.25, 0.3) is 0 Å². The molecule has 1 aromatic rings. The number of hydrogen-bond donors (Lipinski definition) is 2. The molecule has 1 unspecified atom stereocenters. The highest BCUT2D eigenvalue weighted by Crippen LogP contribution is 2.12. The van der Waals surface area contributed by atoms with Gasteiger partial charge in [0.05, 0.1) is 11.8 Å². The second kappa shape index (κ2) is 5.93. The van der Waals surface area contributed by atoms with Gasteiger partial charge in [-0.25, -0.2) is 4.98 Å². The SMILES string of the molecule is CCOC(C)CNc1ccc(N)c(C#N)n1. The molecular formula is C11H16N4O. The van der Waals surface area contributed by atoms with Crippen molar-refractivity contribution >= 4 is 11.5 Å². The van der Waals surface area contributed by atoms with Crippen LogP contribution in [0.2, 0.25) is 0 Å². The molecule has 0 saturated carbocycles. The maximum atomic E-state index is 8.76. The highest BCUT2D eigenvalue weighted by atomic mass is 16.5. The number of rotatable bonds is 5. The van der Waals surface area contributed by atoms with Crippen molar-refractivity contribution < 1.29 is 4.74 Å². The van der Waals surface area contributed by atoms with Crippen LogP contribution in [0, 0.1) is 11.3 Å². The summed E-state index contributed by atoms with van der Waals surface area (Å²) >= 11 is 0. The molecule has 0 aliphatic carbocycles. The van der Waals surface area contributed by atoms with E-state index in [4.69, 9.17) is 15.7 Å².